The van der Waals surface area contributed by atoms with Crippen LogP contribution in [0.5, 0.6) is 0 Å². The molecule has 1 nitrogen and oxygen atoms in total. The predicted octanol–water partition coefficient (Wildman–Crippen LogP) is 3.11. The molecule has 1 rings (SSSR count). The van der Waals surface area contributed by atoms with E-state index in [0.29, 0.717) is 11.5 Å². The van der Waals surface area contributed by atoms with Crippen LogP contribution in [0, 0.1) is 11.3 Å². The summed E-state index contributed by atoms with van der Waals surface area (Å²) in [6, 6.07) is 0.385. The monoisotopic (exact) mass is 181 g/mol. The van der Waals surface area contributed by atoms with E-state index in [1.807, 2.05) is 6.08 Å². The van der Waals surface area contributed by atoms with Crippen molar-refractivity contribution in [1.82, 2.24) is 0 Å². The number of allylic oxidation sites excluding steroid dienone is 1. The summed E-state index contributed by atoms with van der Waals surface area (Å²) in [7, 11) is 0. The summed E-state index contributed by atoms with van der Waals surface area (Å²) in [5.41, 5.74) is 6.67. The molecular weight excluding hydrogens is 158 g/mol. The Kier molecular flexibility index (Phi) is 3.55. The minimum absolute atomic E-state index is 0.385. The molecule has 0 amide bonds. The van der Waals surface area contributed by atoms with E-state index in [1.54, 1.807) is 0 Å². The van der Waals surface area contributed by atoms with E-state index in [0.717, 1.165) is 18.8 Å². The van der Waals surface area contributed by atoms with Crippen LogP contribution in [0.4, 0.5) is 0 Å². The van der Waals surface area contributed by atoms with Gasteiger partial charge in [-0.3, -0.25) is 0 Å². The molecule has 0 aromatic heterocycles. The third kappa shape index (κ3) is 2.57. The van der Waals surface area contributed by atoms with Gasteiger partial charge in [0.15, 0.2) is 0 Å². The quantitative estimate of drug-likeness (QED) is 0.663. The molecule has 0 radical (unpaired) electrons. The molecule has 0 heterocycles. The summed E-state index contributed by atoms with van der Waals surface area (Å²) in [6.07, 6.45) is 8.18. The van der Waals surface area contributed by atoms with Gasteiger partial charge in [0.25, 0.3) is 0 Å². The Labute approximate surface area is 82.4 Å². The second-order valence-corrected chi connectivity index (χ2v) is 5.02. The fourth-order valence-electron chi connectivity index (χ4n) is 2.66. The molecular formula is C12H23N. The summed E-state index contributed by atoms with van der Waals surface area (Å²) in [6.45, 7) is 8.46. The summed E-state index contributed by atoms with van der Waals surface area (Å²) in [5.74, 6) is 0.729. The van der Waals surface area contributed by atoms with Gasteiger partial charge in [0.2, 0.25) is 0 Å². The largest absolute Gasteiger partial charge is 0.327 e. The van der Waals surface area contributed by atoms with Gasteiger partial charge in [0.1, 0.15) is 0 Å². The van der Waals surface area contributed by atoms with Crippen LogP contribution in [0.1, 0.15) is 46.0 Å². The van der Waals surface area contributed by atoms with E-state index in [2.05, 4.69) is 20.4 Å². The minimum Gasteiger partial charge on any atom is -0.327 e. The van der Waals surface area contributed by atoms with Gasteiger partial charge in [0.05, 0.1) is 0 Å². The van der Waals surface area contributed by atoms with Crippen molar-refractivity contribution in [3.8, 4) is 0 Å². The summed E-state index contributed by atoms with van der Waals surface area (Å²) >= 11 is 0. The highest BCUT2D eigenvalue weighted by Crippen LogP contribution is 2.44. The maximum atomic E-state index is 6.19. The first kappa shape index (κ1) is 10.8. The van der Waals surface area contributed by atoms with Gasteiger partial charge in [-0.1, -0.05) is 26.3 Å². The third-order valence-electron chi connectivity index (χ3n) is 3.56. The molecule has 1 heteroatoms. The van der Waals surface area contributed by atoms with Gasteiger partial charge in [-0.15, -0.1) is 6.58 Å². The lowest BCUT2D eigenvalue weighted by Crippen LogP contribution is -2.36. The number of rotatable bonds is 4. The Hall–Kier alpha value is -0.300. The maximum Gasteiger partial charge on any atom is 0.00752 e. The Morgan fingerprint density at radius 2 is 2.31 bits per heavy atom. The summed E-state index contributed by atoms with van der Waals surface area (Å²) < 4.78 is 0. The van der Waals surface area contributed by atoms with Crippen molar-refractivity contribution in [2.75, 3.05) is 0 Å². The molecule has 0 aromatic carbocycles. The number of hydrogen-bond donors (Lipinski definition) is 1. The highest BCUT2D eigenvalue weighted by atomic mass is 14.7. The molecule has 1 fully saturated rings. The van der Waals surface area contributed by atoms with E-state index < -0.39 is 0 Å². The topological polar surface area (TPSA) is 26.0 Å². The first-order chi connectivity index (χ1) is 6.08. The van der Waals surface area contributed by atoms with Crippen molar-refractivity contribution in [2.45, 2.75) is 52.0 Å². The van der Waals surface area contributed by atoms with Gasteiger partial charge in [-0.2, -0.15) is 0 Å². The van der Waals surface area contributed by atoms with Crippen molar-refractivity contribution < 1.29 is 0 Å². The van der Waals surface area contributed by atoms with Gasteiger partial charge < -0.3 is 5.73 Å². The second-order valence-electron chi connectivity index (χ2n) is 5.02. The van der Waals surface area contributed by atoms with Crippen LogP contribution >= 0.6 is 0 Å². The fraction of sp³-hybridized carbons (Fsp3) is 0.833. The minimum atomic E-state index is 0.385. The van der Waals surface area contributed by atoms with Crippen molar-refractivity contribution >= 4 is 0 Å². The van der Waals surface area contributed by atoms with E-state index in [-0.39, 0.29) is 0 Å². The Morgan fingerprint density at radius 1 is 1.62 bits per heavy atom. The molecule has 1 saturated carbocycles. The molecule has 0 spiro atoms. The Bertz CT molecular complexity index is 172. The van der Waals surface area contributed by atoms with E-state index >= 15 is 0 Å². The van der Waals surface area contributed by atoms with Crippen LogP contribution < -0.4 is 5.73 Å². The van der Waals surface area contributed by atoms with E-state index in [4.69, 9.17) is 5.73 Å². The lowest BCUT2D eigenvalue weighted by molar-refractivity contribution is 0.215. The standard InChI is InChI=1S/C12H23N/c1-4-5-8-11(13)10-7-6-9-12(10,2)3/h4,10-11H,1,5-9,13H2,2-3H3. The fourth-order valence-corrected chi connectivity index (χ4v) is 2.66. The number of nitrogens with two attached hydrogens (primary N) is 1. The second kappa shape index (κ2) is 4.28. The SMILES string of the molecule is C=CCCC(N)C1CCCC1(C)C. The highest BCUT2D eigenvalue weighted by molar-refractivity contribution is 4.91. The van der Waals surface area contributed by atoms with Crippen molar-refractivity contribution in [1.29, 1.82) is 0 Å². The van der Waals surface area contributed by atoms with Crippen LogP contribution in [-0.2, 0) is 0 Å². The lowest BCUT2D eigenvalue weighted by Gasteiger charge is -2.31. The van der Waals surface area contributed by atoms with Crippen LogP contribution in [-0.4, -0.2) is 6.04 Å². The first-order valence-corrected chi connectivity index (χ1v) is 5.44. The molecule has 76 valence electrons. The molecule has 0 saturated heterocycles. The zero-order valence-electron chi connectivity index (χ0n) is 9.05. The van der Waals surface area contributed by atoms with Crippen LogP contribution in [0.2, 0.25) is 0 Å². The smallest absolute Gasteiger partial charge is 0.00752 e. The summed E-state index contributed by atoms with van der Waals surface area (Å²) in [4.78, 5) is 0. The zero-order chi connectivity index (χ0) is 9.90. The molecule has 0 bridgehead atoms. The van der Waals surface area contributed by atoms with Gasteiger partial charge >= 0.3 is 0 Å². The maximum absolute atomic E-state index is 6.19. The molecule has 2 N–H and O–H groups in total. The van der Waals surface area contributed by atoms with Crippen LogP contribution in [0.15, 0.2) is 12.7 Å². The van der Waals surface area contributed by atoms with Crippen molar-refractivity contribution in [3.05, 3.63) is 12.7 Å². The molecule has 0 aromatic rings. The highest BCUT2D eigenvalue weighted by Gasteiger charge is 2.37. The first-order valence-electron chi connectivity index (χ1n) is 5.44. The summed E-state index contributed by atoms with van der Waals surface area (Å²) in [5, 5.41) is 0. The number of hydrogen-bond acceptors (Lipinski definition) is 1. The van der Waals surface area contributed by atoms with Crippen molar-refractivity contribution in [3.63, 3.8) is 0 Å². The van der Waals surface area contributed by atoms with Gasteiger partial charge in [-0.25, -0.2) is 0 Å². The average molecular weight is 181 g/mol. The van der Waals surface area contributed by atoms with E-state index in [9.17, 15) is 0 Å². The lowest BCUT2D eigenvalue weighted by atomic mass is 9.76. The average Bonchev–Trinajstić information content (AvgIpc) is 2.41. The van der Waals surface area contributed by atoms with Crippen LogP contribution in [0.25, 0.3) is 0 Å². The zero-order valence-corrected chi connectivity index (χ0v) is 9.05. The molecule has 0 aliphatic heterocycles. The molecule has 1 aliphatic carbocycles. The van der Waals surface area contributed by atoms with Crippen molar-refractivity contribution in [2.24, 2.45) is 17.1 Å². The molecule has 1 aliphatic rings. The Balaban J connectivity index is 2.45. The Morgan fingerprint density at radius 3 is 2.77 bits per heavy atom. The predicted molar refractivity (Wildman–Crippen MR) is 58.5 cm³/mol. The van der Waals surface area contributed by atoms with Crippen LogP contribution in [0.3, 0.4) is 0 Å². The van der Waals surface area contributed by atoms with Gasteiger partial charge in [0, 0.05) is 6.04 Å². The third-order valence-corrected chi connectivity index (χ3v) is 3.56. The molecule has 2 atom stereocenters. The van der Waals surface area contributed by atoms with E-state index in [1.165, 1.54) is 19.3 Å². The normalized spacial score (nSPS) is 28.7. The molecule has 2 unspecified atom stereocenters. The van der Waals surface area contributed by atoms with Gasteiger partial charge in [-0.05, 0) is 37.0 Å². The molecule has 13 heavy (non-hydrogen) atoms.